The topological polar surface area (TPSA) is 43.1 Å². The molecule has 0 saturated heterocycles. The summed E-state index contributed by atoms with van der Waals surface area (Å²) in [5, 5.41) is 0. The average molecular weight is 217 g/mol. The highest BCUT2D eigenvalue weighted by atomic mass is 16.1. The molecule has 1 aliphatic rings. The first-order valence-electron chi connectivity index (χ1n) is 6.04. The maximum atomic E-state index is 12.3. The van der Waals surface area contributed by atoms with E-state index in [0.29, 0.717) is 18.7 Å². The van der Waals surface area contributed by atoms with E-state index in [2.05, 4.69) is 0 Å². The second-order valence-electron chi connectivity index (χ2n) is 4.78. The van der Waals surface area contributed by atoms with Gasteiger partial charge in [-0.15, -0.1) is 0 Å². The van der Waals surface area contributed by atoms with E-state index >= 15 is 0 Å². The van der Waals surface area contributed by atoms with Crippen LogP contribution in [-0.4, -0.2) is 12.3 Å². The van der Waals surface area contributed by atoms with Crippen LogP contribution in [0.15, 0.2) is 30.3 Å². The first-order valence-corrected chi connectivity index (χ1v) is 6.04. The second kappa shape index (κ2) is 4.79. The highest BCUT2D eigenvalue weighted by Gasteiger charge is 2.38. The molecule has 0 aromatic heterocycles. The van der Waals surface area contributed by atoms with Crippen LogP contribution in [0.4, 0.5) is 0 Å². The quantitative estimate of drug-likeness (QED) is 0.841. The van der Waals surface area contributed by atoms with Crippen LogP contribution in [0.5, 0.6) is 0 Å². The molecule has 0 atom stereocenters. The van der Waals surface area contributed by atoms with Crippen molar-refractivity contribution in [1.82, 2.24) is 0 Å². The Morgan fingerprint density at radius 3 is 2.38 bits per heavy atom. The fourth-order valence-electron chi connectivity index (χ4n) is 2.62. The molecule has 0 bridgehead atoms. The van der Waals surface area contributed by atoms with Crippen molar-refractivity contribution in [3.63, 3.8) is 0 Å². The van der Waals surface area contributed by atoms with Crippen molar-refractivity contribution in [1.29, 1.82) is 0 Å². The highest BCUT2D eigenvalue weighted by molar-refractivity contribution is 5.87. The van der Waals surface area contributed by atoms with Crippen molar-refractivity contribution in [3.8, 4) is 0 Å². The fourth-order valence-corrected chi connectivity index (χ4v) is 2.62. The van der Waals surface area contributed by atoms with Crippen molar-refractivity contribution in [2.45, 2.75) is 32.1 Å². The molecule has 0 radical (unpaired) electrons. The Labute approximate surface area is 96.8 Å². The fraction of sp³-hybridized carbons (Fsp3) is 0.500. The summed E-state index contributed by atoms with van der Waals surface area (Å²) in [6, 6.07) is 9.95. The number of hydrogen-bond acceptors (Lipinski definition) is 2. The van der Waals surface area contributed by atoms with Gasteiger partial charge >= 0.3 is 0 Å². The summed E-state index contributed by atoms with van der Waals surface area (Å²) < 4.78 is 0. The van der Waals surface area contributed by atoms with Crippen LogP contribution in [0, 0.1) is 5.41 Å². The zero-order valence-electron chi connectivity index (χ0n) is 9.61. The normalized spacial score (nSPS) is 18.6. The van der Waals surface area contributed by atoms with E-state index in [1.807, 2.05) is 30.3 Å². The summed E-state index contributed by atoms with van der Waals surface area (Å²) in [5.41, 5.74) is 6.69. The molecule has 1 aliphatic carbocycles. The predicted molar refractivity (Wildman–Crippen MR) is 65.1 cm³/mol. The van der Waals surface area contributed by atoms with Gasteiger partial charge in [0.05, 0.1) is 0 Å². The van der Waals surface area contributed by atoms with Crippen LogP contribution >= 0.6 is 0 Å². The Hall–Kier alpha value is -1.15. The molecule has 2 N–H and O–H groups in total. The Morgan fingerprint density at radius 2 is 1.81 bits per heavy atom. The molecule has 1 aromatic rings. The molecule has 2 nitrogen and oxygen atoms in total. The lowest BCUT2D eigenvalue weighted by molar-refractivity contribution is -0.127. The van der Waals surface area contributed by atoms with Crippen LogP contribution in [0.3, 0.4) is 0 Å². The molecule has 2 rings (SSSR count). The van der Waals surface area contributed by atoms with Gasteiger partial charge in [0.1, 0.15) is 5.78 Å². The van der Waals surface area contributed by atoms with Crippen LogP contribution in [0.25, 0.3) is 0 Å². The minimum absolute atomic E-state index is 0.212. The third-order valence-corrected chi connectivity index (χ3v) is 3.75. The largest absolute Gasteiger partial charge is 0.329 e. The molecule has 1 saturated carbocycles. The van der Waals surface area contributed by atoms with Crippen molar-refractivity contribution in [2.24, 2.45) is 11.1 Å². The van der Waals surface area contributed by atoms with Gasteiger partial charge in [-0.05, 0) is 18.4 Å². The van der Waals surface area contributed by atoms with Gasteiger partial charge in [-0.1, -0.05) is 43.2 Å². The number of hydrogen-bond donors (Lipinski definition) is 1. The molecule has 1 aromatic carbocycles. The molecule has 0 heterocycles. The van der Waals surface area contributed by atoms with Crippen molar-refractivity contribution in [2.75, 3.05) is 6.54 Å². The van der Waals surface area contributed by atoms with Gasteiger partial charge in [-0.3, -0.25) is 4.79 Å². The van der Waals surface area contributed by atoms with Gasteiger partial charge in [-0.2, -0.15) is 0 Å². The summed E-state index contributed by atoms with van der Waals surface area (Å²) in [5.74, 6) is 0.332. The first kappa shape index (κ1) is 11.3. The number of ketones is 1. The number of carbonyl (C=O) groups is 1. The lowest BCUT2D eigenvalue weighted by Crippen LogP contribution is -2.37. The van der Waals surface area contributed by atoms with Crippen LogP contribution in [0.2, 0.25) is 0 Å². The van der Waals surface area contributed by atoms with Crippen LogP contribution < -0.4 is 5.73 Å². The summed E-state index contributed by atoms with van der Waals surface area (Å²) >= 11 is 0. The van der Waals surface area contributed by atoms with E-state index in [0.717, 1.165) is 31.2 Å². The van der Waals surface area contributed by atoms with Crippen molar-refractivity contribution < 1.29 is 4.79 Å². The molecule has 0 unspecified atom stereocenters. The summed E-state index contributed by atoms with van der Waals surface area (Å²) in [4.78, 5) is 12.3. The van der Waals surface area contributed by atoms with E-state index in [4.69, 9.17) is 5.73 Å². The van der Waals surface area contributed by atoms with E-state index in [1.165, 1.54) is 0 Å². The molecule has 86 valence electrons. The lowest BCUT2D eigenvalue weighted by Gasteiger charge is -2.25. The molecule has 0 aliphatic heterocycles. The lowest BCUT2D eigenvalue weighted by atomic mass is 9.79. The van der Waals surface area contributed by atoms with Gasteiger partial charge in [0, 0.05) is 18.4 Å². The average Bonchev–Trinajstić information content (AvgIpc) is 2.80. The predicted octanol–water partition coefficient (Wildman–Crippen LogP) is 2.32. The van der Waals surface area contributed by atoms with Gasteiger partial charge in [0.15, 0.2) is 0 Å². The van der Waals surface area contributed by atoms with E-state index < -0.39 is 0 Å². The number of Topliss-reactive ketones (excluding diaryl/α,β-unsaturated/α-hetero) is 1. The molecule has 16 heavy (non-hydrogen) atoms. The minimum Gasteiger partial charge on any atom is -0.329 e. The number of carbonyl (C=O) groups excluding carboxylic acids is 1. The number of rotatable bonds is 4. The zero-order chi connectivity index (χ0) is 11.4. The van der Waals surface area contributed by atoms with Crippen LogP contribution in [-0.2, 0) is 11.2 Å². The first-order chi connectivity index (χ1) is 7.77. The third kappa shape index (κ3) is 2.17. The van der Waals surface area contributed by atoms with E-state index in [-0.39, 0.29) is 5.41 Å². The van der Waals surface area contributed by atoms with E-state index in [9.17, 15) is 4.79 Å². The maximum absolute atomic E-state index is 12.3. The van der Waals surface area contributed by atoms with E-state index in [1.54, 1.807) is 0 Å². The zero-order valence-corrected chi connectivity index (χ0v) is 9.61. The van der Waals surface area contributed by atoms with Crippen molar-refractivity contribution in [3.05, 3.63) is 35.9 Å². The molecular weight excluding hydrogens is 198 g/mol. The summed E-state index contributed by atoms with van der Waals surface area (Å²) in [6.07, 6.45) is 4.80. The van der Waals surface area contributed by atoms with Gasteiger partial charge in [-0.25, -0.2) is 0 Å². The summed E-state index contributed by atoms with van der Waals surface area (Å²) in [6.45, 7) is 0.513. The molecule has 0 amide bonds. The smallest absolute Gasteiger partial charge is 0.144 e. The second-order valence-corrected chi connectivity index (χ2v) is 4.78. The number of benzene rings is 1. The van der Waals surface area contributed by atoms with Gasteiger partial charge in [0.2, 0.25) is 0 Å². The maximum Gasteiger partial charge on any atom is 0.144 e. The Balaban J connectivity index is 2.07. The third-order valence-electron chi connectivity index (χ3n) is 3.75. The molecule has 1 fully saturated rings. The van der Waals surface area contributed by atoms with Gasteiger partial charge in [0.25, 0.3) is 0 Å². The van der Waals surface area contributed by atoms with Gasteiger partial charge < -0.3 is 5.73 Å². The number of nitrogens with two attached hydrogens (primary N) is 1. The Morgan fingerprint density at radius 1 is 1.19 bits per heavy atom. The van der Waals surface area contributed by atoms with Crippen LogP contribution in [0.1, 0.15) is 31.2 Å². The summed E-state index contributed by atoms with van der Waals surface area (Å²) in [7, 11) is 0. The SMILES string of the molecule is NCC1(C(=O)Cc2ccccc2)CCCC1. The van der Waals surface area contributed by atoms with Crippen molar-refractivity contribution >= 4 is 5.78 Å². The monoisotopic (exact) mass is 217 g/mol. The Kier molecular flexibility index (Phi) is 3.39. The molecular formula is C14H19NO. The molecule has 0 spiro atoms. The minimum atomic E-state index is -0.212. The standard InChI is InChI=1S/C14H19NO/c15-11-14(8-4-5-9-14)13(16)10-12-6-2-1-3-7-12/h1-3,6-7H,4-5,8-11,15H2. The highest BCUT2D eigenvalue weighted by Crippen LogP contribution is 2.38. The Bertz CT molecular complexity index is 352. The molecule has 2 heteroatoms.